The first-order chi connectivity index (χ1) is 7.83. The average molecular weight is 222 g/mol. The average Bonchev–Trinajstić information content (AvgIpc) is 2.33. The van der Waals surface area contributed by atoms with Gasteiger partial charge in [-0.15, -0.1) is 0 Å². The van der Waals surface area contributed by atoms with E-state index in [0.29, 0.717) is 13.2 Å². The highest BCUT2D eigenvalue weighted by Crippen LogP contribution is 1.97. The minimum absolute atomic E-state index is 0.319. The Bertz CT molecular complexity index is 338. The predicted octanol–water partition coefficient (Wildman–Crippen LogP) is 0.789. The molecule has 5 nitrogen and oxygen atoms in total. The Hall–Kier alpha value is -1.72. The molecule has 1 amide bonds. The van der Waals surface area contributed by atoms with Crippen LogP contribution < -0.4 is 5.48 Å². The van der Waals surface area contributed by atoms with Crippen LogP contribution in [0.1, 0.15) is 5.56 Å². The zero-order valence-electron chi connectivity index (χ0n) is 9.05. The molecule has 0 saturated carbocycles. The molecule has 0 saturated heterocycles. The second kappa shape index (κ2) is 7.56. The van der Waals surface area contributed by atoms with Crippen molar-refractivity contribution >= 4 is 12.0 Å². The van der Waals surface area contributed by atoms with Crippen LogP contribution in [0.15, 0.2) is 30.6 Å². The molecular formula is C11H14N2O3. The van der Waals surface area contributed by atoms with Gasteiger partial charge < -0.3 is 4.74 Å². The van der Waals surface area contributed by atoms with E-state index in [1.807, 2.05) is 6.07 Å². The molecule has 1 rings (SSSR count). The number of rotatable bonds is 6. The van der Waals surface area contributed by atoms with Gasteiger partial charge in [0.25, 0.3) is 5.91 Å². The van der Waals surface area contributed by atoms with Crippen molar-refractivity contribution in [3.05, 3.63) is 36.2 Å². The van der Waals surface area contributed by atoms with Crippen molar-refractivity contribution in [2.45, 2.75) is 0 Å². The van der Waals surface area contributed by atoms with Crippen molar-refractivity contribution in [3.63, 3.8) is 0 Å². The second-order valence-corrected chi connectivity index (χ2v) is 2.93. The highest BCUT2D eigenvalue weighted by molar-refractivity contribution is 5.90. The van der Waals surface area contributed by atoms with Gasteiger partial charge in [-0.2, -0.15) is 0 Å². The zero-order valence-corrected chi connectivity index (χ0v) is 9.05. The molecule has 0 bridgehead atoms. The fourth-order valence-corrected chi connectivity index (χ4v) is 0.928. The summed E-state index contributed by atoms with van der Waals surface area (Å²) in [5, 5.41) is 0. The van der Waals surface area contributed by atoms with Gasteiger partial charge in [-0.05, 0) is 17.7 Å². The maximum Gasteiger partial charge on any atom is 0.267 e. The minimum Gasteiger partial charge on any atom is -0.382 e. The third-order valence-electron chi connectivity index (χ3n) is 1.67. The van der Waals surface area contributed by atoms with Crippen LogP contribution in [-0.4, -0.2) is 31.2 Å². The van der Waals surface area contributed by atoms with Crippen LogP contribution in [-0.2, 0) is 14.4 Å². The van der Waals surface area contributed by atoms with Crippen LogP contribution in [0.3, 0.4) is 0 Å². The number of nitrogens with zero attached hydrogens (tertiary/aromatic N) is 1. The molecule has 1 N–H and O–H groups in total. The van der Waals surface area contributed by atoms with Crippen molar-refractivity contribution in [3.8, 4) is 0 Å². The number of methoxy groups -OCH3 is 1. The molecular weight excluding hydrogens is 208 g/mol. The lowest BCUT2D eigenvalue weighted by atomic mass is 10.2. The van der Waals surface area contributed by atoms with E-state index in [9.17, 15) is 4.79 Å². The van der Waals surface area contributed by atoms with Crippen molar-refractivity contribution < 1.29 is 14.4 Å². The van der Waals surface area contributed by atoms with Crippen molar-refractivity contribution in [2.75, 3.05) is 20.3 Å². The molecule has 0 aliphatic carbocycles. The number of pyridine rings is 1. The Balaban J connectivity index is 2.26. The summed E-state index contributed by atoms with van der Waals surface area (Å²) in [4.78, 5) is 19.9. The summed E-state index contributed by atoms with van der Waals surface area (Å²) < 4.78 is 4.75. The highest BCUT2D eigenvalue weighted by Gasteiger charge is 1.94. The molecule has 5 heteroatoms. The molecule has 0 aliphatic rings. The van der Waals surface area contributed by atoms with Crippen molar-refractivity contribution in [1.82, 2.24) is 10.5 Å². The van der Waals surface area contributed by atoms with Gasteiger partial charge in [0.2, 0.25) is 0 Å². The molecule has 0 aromatic carbocycles. The Morgan fingerprint density at radius 1 is 1.56 bits per heavy atom. The summed E-state index contributed by atoms with van der Waals surface area (Å²) in [5.41, 5.74) is 3.12. The number of amides is 1. The van der Waals surface area contributed by atoms with E-state index in [1.165, 1.54) is 6.08 Å². The number of nitrogens with one attached hydrogen (secondary N) is 1. The summed E-state index contributed by atoms with van der Waals surface area (Å²) in [6.45, 7) is 0.759. The molecule has 0 unspecified atom stereocenters. The van der Waals surface area contributed by atoms with Crippen molar-refractivity contribution in [2.24, 2.45) is 0 Å². The second-order valence-electron chi connectivity index (χ2n) is 2.93. The predicted molar refractivity (Wildman–Crippen MR) is 59.2 cm³/mol. The Kier molecular flexibility index (Phi) is 5.83. The van der Waals surface area contributed by atoms with Gasteiger partial charge >= 0.3 is 0 Å². The minimum atomic E-state index is -0.319. The van der Waals surface area contributed by atoms with Gasteiger partial charge in [0.15, 0.2) is 0 Å². The number of aromatic nitrogens is 1. The van der Waals surface area contributed by atoms with Gasteiger partial charge in [0, 0.05) is 25.6 Å². The number of carbonyl (C=O) groups excluding carboxylic acids is 1. The largest absolute Gasteiger partial charge is 0.382 e. The molecule has 86 valence electrons. The molecule has 1 heterocycles. The van der Waals surface area contributed by atoms with Crippen LogP contribution in [0.4, 0.5) is 0 Å². The van der Waals surface area contributed by atoms with Crippen LogP contribution in [0.25, 0.3) is 6.08 Å². The van der Waals surface area contributed by atoms with E-state index in [2.05, 4.69) is 10.5 Å². The molecule has 1 aromatic heterocycles. The smallest absolute Gasteiger partial charge is 0.267 e. The van der Waals surface area contributed by atoms with Crippen LogP contribution >= 0.6 is 0 Å². The summed E-state index contributed by atoms with van der Waals surface area (Å²) in [7, 11) is 1.56. The van der Waals surface area contributed by atoms with Gasteiger partial charge in [0.1, 0.15) is 0 Å². The number of carbonyl (C=O) groups is 1. The monoisotopic (exact) mass is 222 g/mol. The lowest BCUT2D eigenvalue weighted by Gasteiger charge is -2.01. The molecule has 0 aliphatic heterocycles. The number of hydrogen-bond acceptors (Lipinski definition) is 4. The van der Waals surface area contributed by atoms with E-state index >= 15 is 0 Å². The maximum atomic E-state index is 11.2. The van der Waals surface area contributed by atoms with E-state index in [4.69, 9.17) is 9.57 Å². The molecule has 0 atom stereocenters. The lowest BCUT2D eigenvalue weighted by Crippen LogP contribution is -2.23. The van der Waals surface area contributed by atoms with Crippen molar-refractivity contribution in [1.29, 1.82) is 0 Å². The standard InChI is InChI=1S/C11H14N2O3/c1-15-7-8-16-13-11(14)5-4-10-3-2-6-12-9-10/h2-6,9H,7-8H2,1H3,(H,13,14)/b5-4+. The van der Waals surface area contributed by atoms with Gasteiger partial charge in [-0.1, -0.05) is 6.07 Å². The normalized spacial score (nSPS) is 10.6. The SMILES string of the molecule is COCCONC(=O)/C=C/c1cccnc1. The fourth-order valence-electron chi connectivity index (χ4n) is 0.928. The summed E-state index contributed by atoms with van der Waals surface area (Å²) in [6.07, 6.45) is 6.37. The van der Waals surface area contributed by atoms with E-state index < -0.39 is 0 Å². The van der Waals surface area contributed by atoms with E-state index in [1.54, 1.807) is 31.6 Å². The third-order valence-corrected chi connectivity index (χ3v) is 1.67. The maximum absolute atomic E-state index is 11.2. The Morgan fingerprint density at radius 2 is 2.44 bits per heavy atom. The quantitative estimate of drug-likeness (QED) is 0.439. The summed E-state index contributed by atoms with van der Waals surface area (Å²) in [6, 6.07) is 3.65. The topological polar surface area (TPSA) is 60.5 Å². The highest BCUT2D eigenvalue weighted by atomic mass is 16.7. The van der Waals surface area contributed by atoms with Gasteiger partial charge in [0.05, 0.1) is 13.2 Å². The number of hydroxylamine groups is 1. The summed E-state index contributed by atoms with van der Waals surface area (Å²) >= 11 is 0. The van der Waals surface area contributed by atoms with Gasteiger partial charge in [-0.25, -0.2) is 5.48 Å². The molecule has 0 fully saturated rings. The van der Waals surface area contributed by atoms with Crippen LogP contribution in [0.5, 0.6) is 0 Å². The first-order valence-electron chi connectivity index (χ1n) is 4.81. The Morgan fingerprint density at radius 3 is 3.12 bits per heavy atom. The molecule has 0 radical (unpaired) electrons. The molecule has 1 aromatic rings. The van der Waals surface area contributed by atoms with E-state index in [-0.39, 0.29) is 5.91 Å². The first kappa shape index (κ1) is 12.4. The first-order valence-corrected chi connectivity index (χ1v) is 4.81. The lowest BCUT2D eigenvalue weighted by molar-refractivity contribution is -0.129. The zero-order chi connectivity index (χ0) is 11.6. The number of ether oxygens (including phenoxy) is 1. The number of hydrogen-bond donors (Lipinski definition) is 1. The van der Waals surface area contributed by atoms with E-state index in [0.717, 1.165) is 5.56 Å². The van der Waals surface area contributed by atoms with Crippen LogP contribution in [0, 0.1) is 0 Å². The Labute approximate surface area is 94.0 Å². The van der Waals surface area contributed by atoms with Gasteiger partial charge in [-0.3, -0.25) is 14.6 Å². The molecule has 16 heavy (non-hydrogen) atoms. The summed E-state index contributed by atoms with van der Waals surface area (Å²) in [5.74, 6) is -0.319. The van der Waals surface area contributed by atoms with Crippen LogP contribution in [0.2, 0.25) is 0 Å². The third kappa shape index (κ3) is 5.23. The fraction of sp³-hybridized carbons (Fsp3) is 0.273. The molecule has 0 spiro atoms.